The zero-order chi connectivity index (χ0) is 25.5. The monoisotopic (exact) mass is 479 g/mol. The number of carbonyl (C=O) groups is 1. The molecule has 5 nitrogen and oxygen atoms in total. The molecule has 3 rings (SSSR count). The molecule has 1 heterocycles. The van der Waals surface area contributed by atoms with E-state index in [0.717, 1.165) is 30.7 Å². The lowest BCUT2D eigenvalue weighted by molar-refractivity contribution is -0.137. The second-order valence-electron chi connectivity index (χ2n) is 11.1. The third-order valence-electron chi connectivity index (χ3n) is 6.56. The second kappa shape index (κ2) is 9.36. The van der Waals surface area contributed by atoms with Crippen LogP contribution in [0.1, 0.15) is 87.5 Å². The summed E-state index contributed by atoms with van der Waals surface area (Å²) in [6, 6.07) is 5.05. The van der Waals surface area contributed by atoms with Gasteiger partial charge in [0.2, 0.25) is 0 Å². The molecule has 1 aromatic carbocycles. The number of halogens is 3. The highest BCUT2D eigenvalue weighted by molar-refractivity contribution is 5.96. The third kappa shape index (κ3) is 6.20. The average molecular weight is 480 g/mol. The Morgan fingerprint density at radius 2 is 1.76 bits per heavy atom. The van der Waals surface area contributed by atoms with Crippen molar-refractivity contribution in [3.05, 3.63) is 52.1 Å². The van der Waals surface area contributed by atoms with E-state index in [4.69, 9.17) is 0 Å². The second-order valence-corrected chi connectivity index (χ2v) is 11.1. The molecule has 0 radical (unpaired) electrons. The molecule has 1 aliphatic rings. The maximum Gasteiger partial charge on any atom is 0.416 e. The molecule has 0 unspecified atom stereocenters. The van der Waals surface area contributed by atoms with Gasteiger partial charge < -0.3 is 5.11 Å². The van der Waals surface area contributed by atoms with Crippen molar-refractivity contribution in [3.8, 4) is 0 Å². The molecule has 0 bridgehead atoms. The fraction of sp³-hybridized carbons (Fsp3) is 0.615. The standard InChI is InChI=1S/C26H36F3N3O2/c1-24(2,3)21-15-22(32(31(21)6)16-17-8-7-9-17)30-23(33)20-14-19(26(27,28)29)11-10-18(20)12-13-25(4,5)34/h10-11,14-15,17,34H,7-9,12-13,16H2,1-6H3. The maximum absolute atomic E-state index is 13.4. The van der Waals surface area contributed by atoms with Crippen LogP contribution in [0.4, 0.5) is 13.2 Å². The van der Waals surface area contributed by atoms with Gasteiger partial charge in [-0.25, -0.2) is 0 Å². The van der Waals surface area contributed by atoms with Crippen LogP contribution in [0.3, 0.4) is 0 Å². The summed E-state index contributed by atoms with van der Waals surface area (Å²) in [4.78, 5) is 17.6. The minimum Gasteiger partial charge on any atom is -0.390 e. The molecule has 0 saturated heterocycles. The molecular formula is C26H36F3N3O2. The van der Waals surface area contributed by atoms with Crippen molar-refractivity contribution in [2.75, 3.05) is 0 Å². The molecular weight excluding hydrogens is 443 g/mol. The molecule has 1 amide bonds. The Balaban J connectivity index is 2.10. The molecule has 188 valence electrons. The molecule has 1 N–H and O–H groups in total. The fourth-order valence-corrected chi connectivity index (χ4v) is 4.28. The first-order valence-corrected chi connectivity index (χ1v) is 11.8. The van der Waals surface area contributed by atoms with E-state index >= 15 is 0 Å². The molecule has 8 heteroatoms. The number of hydrogen-bond donors (Lipinski definition) is 1. The maximum atomic E-state index is 13.4. The lowest BCUT2D eigenvalue weighted by Crippen LogP contribution is -2.30. The Morgan fingerprint density at radius 1 is 1.12 bits per heavy atom. The number of aryl methyl sites for hydroxylation is 1. The molecule has 1 saturated carbocycles. The van der Waals surface area contributed by atoms with Gasteiger partial charge in [-0.05, 0) is 63.1 Å². The summed E-state index contributed by atoms with van der Waals surface area (Å²) in [5.41, 5.74) is -0.269. The topological polar surface area (TPSA) is 59.5 Å². The zero-order valence-electron chi connectivity index (χ0n) is 21.0. The van der Waals surface area contributed by atoms with E-state index in [2.05, 4.69) is 25.8 Å². The number of nitrogens with zero attached hydrogens (tertiary/aromatic N) is 3. The van der Waals surface area contributed by atoms with Gasteiger partial charge in [0.1, 0.15) is 0 Å². The van der Waals surface area contributed by atoms with Gasteiger partial charge in [0.15, 0.2) is 5.49 Å². The molecule has 1 fully saturated rings. The van der Waals surface area contributed by atoms with Gasteiger partial charge in [-0.15, -0.1) is 0 Å². The number of rotatable bonds is 6. The summed E-state index contributed by atoms with van der Waals surface area (Å²) >= 11 is 0. The van der Waals surface area contributed by atoms with Crippen molar-refractivity contribution in [3.63, 3.8) is 0 Å². The molecule has 34 heavy (non-hydrogen) atoms. The van der Waals surface area contributed by atoms with E-state index < -0.39 is 23.2 Å². The Labute approximate surface area is 199 Å². The number of alkyl halides is 3. The normalized spacial score (nSPS) is 16.1. The predicted octanol–water partition coefficient (Wildman–Crippen LogP) is 5.39. The Kier molecular flexibility index (Phi) is 7.23. The Morgan fingerprint density at radius 3 is 2.26 bits per heavy atom. The number of carbonyl (C=O) groups excluding carboxylic acids is 1. The van der Waals surface area contributed by atoms with Crippen LogP contribution in [0.25, 0.3) is 0 Å². The van der Waals surface area contributed by atoms with Gasteiger partial charge in [0, 0.05) is 36.3 Å². The SMILES string of the molecule is Cn1c(C(C)(C)C)cc(=NC(=O)c2cc(C(F)(F)F)ccc2CCC(C)(C)O)n1CC1CCC1. The predicted molar refractivity (Wildman–Crippen MR) is 125 cm³/mol. The van der Waals surface area contributed by atoms with Crippen molar-refractivity contribution in [2.24, 2.45) is 18.0 Å². The Bertz CT molecular complexity index is 1110. The molecule has 2 aromatic rings. The van der Waals surface area contributed by atoms with E-state index in [0.29, 0.717) is 29.9 Å². The van der Waals surface area contributed by atoms with Gasteiger partial charge in [-0.3, -0.25) is 14.2 Å². The zero-order valence-corrected chi connectivity index (χ0v) is 21.0. The minimum atomic E-state index is -4.57. The van der Waals surface area contributed by atoms with Gasteiger partial charge in [0.25, 0.3) is 5.91 Å². The van der Waals surface area contributed by atoms with Crippen molar-refractivity contribution >= 4 is 5.91 Å². The summed E-state index contributed by atoms with van der Waals surface area (Å²) in [5, 5.41) is 10.1. The summed E-state index contributed by atoms with van der Waals surface area (Å²) in [5.74, 6) is -0.198. The third-order valence-corrected chi connectivity index (χ3v) is 6.56. The molecule has 1 aromatic heterocycles. The van der Waals surface area contributed by atoms with Crippen LogP contribution in [-0.2, 0) is 31.6 Å². The van der Waals surface area contributed by atoms with Crippen LogP contribution in [0, 0.1) is 5.92 Å². The van der Waals surface area contributed by atoms with Crippen LogP contribution in [0.2, 0.25) is 0 Å². The molecule has 0 atom stereocenters. The van der Waals surface area contributed by atoms with E-state index in [9.17, 15) is 23.1 Å². The highest BCUT2D eigenvalue weighted by Gasteiger charge is 2.32. The van der Waals surface area contributed by atoms with Crippen LogP contribution < -0.4 is 5.49 Å². The lowest BCUT2D eigenvalue weighted by atomic mass is 9.85. The first-order valence-electron chi connectivity index (χ1n) is 11.8. The smallest absolute Gasteiger partial charge is 0.390 e. The van der Waals surface area contributed by atoms with Crippen molar-refractivity contribution < 1.29 is 23.1 Å². The van der Waals surface area contributed by atoms with Crippen LogP contribution in [0.5, 0.6) is 0 Å². The van der Waals surface area contributed by atoms with Gasteiger partial charge in [-0.1, -0.05) is 33.3 Å². The van der Waals surface area contributed by atoms with E-state index in [1.54, 1.807) is 13.8 Å². The fourth-order valence-electron chi connectivity index (χ4n) is 4.28. The number of amides is 1. The van der Waals surface area contributed by atoms with Gasteiger partial charge in [-0.2, -0.15) is 18.2 Å². The number of benzene rings is 1. The first kappa shape index (κ1) is 26.3. The lowest BCUT2D eigenvalue weighted by Gasteiger charge is -2.27. The summed E-state index contributed by atoms with van der Waals surface area (Å²) in [7, 11) is 1.93. The molecule has 0 spiro atoms. The van der Waals surface area contributed by atoms with Crippen molar-refractivity contribution in [2.45, 2.75) is 90.5 Å². The molecule has 0 aliphatic heterocycles. The summed E-state index contributed by atoms with van der Waals surface area (Å²) in [6.07, 6.45) is -0.583. The largest absolute Gasteiger partial charge is 0.416 e. The Hall–Kier alpha value is -2.35. The number of aromatic nitrogens is 2. The average Bonchev–Trinajstić information content (AvgIpc) is 2.97. The minimum absolute atomic E-state index is 0.0737. The quantitative estimate of drug-likeness (QED) is 0.604. The van der Waals surface area contributed by atoms with E-state index in [1.807, 2.05) is 22.5 Å². The van der Waals surface area contributed by atoms with Crippen LogP contribution in [-0.4, -0.2) is 26.0 Å². The summed E-state index contributed by atoms with van der Waals surface area (Å²) in [6.45, 7) is 10.2. The van der Waals surface area contributed by atoms with Crippen molar-refractivity contribution in [1.29, 1.82) is 0 Å². The van der Waals surface area contributed by atoms with Gasteiger partial charge >= 0.3 is 6.18 Å². The number of hydrogen-bond acceptors (Lipinski definition) is 2. The van der Waals surface area contributed by atoms with Crippen LogP contribution >= 0.6 is 0 Å². The van der Waals surface area contributed by atoms with E-state index in [-0.39, 0.29) is 17.4 Å². The summed E-state index contributed by atoms with van der Waals surface area (Å²) < 4.78 is 44.2. The highest BCUT2D eigenvalue weighted by atomic mass is 19.4. The van der Waals surface area contributed by atoms with E-state index in [1.165, 1.54) is 12.5 Å². The first-order chi connectivity index (χ1) is 15.6. The molecule has 1 aliphatic carbocycles. The van der Waals surface area contributed by atoms with Gasteiger partial charge in [0.05, 0.1) is 11.2 Å². The van der Waals surface area contributed by atoms with Crippen molar-refractivity contribution in [1.82, 2.24) is 9.36 Å². The highest BCUT2D eigenvalue weighted by Crippen LogP contribution is 2.32. The number of aliphatic hydroxyl groups is 1. The van der Waals surface area contributed by atoms with Crippen LogP contribution in [0.15, 0.2) is 29.3 Å².